The molecule has 0 aliphatic carbocycles. The van der Waals surface area contributed by atoms with E-state index < -0.39 is 11.7 Å². The second-order valence-electron chi connectivity index (χ2n) is 6.29. The van der Waals surface area contributed by atoms with Gasteiger partial charge in [-0.2, -0.15) is 0 Å². The van der Waals surface area contributed by atoms with Crippen LogP contribution in [0.15, 0.2) is 18.5 Å². The van der Waals surface area contributed by atoms with Crippen LogP contribution >= 0.6 is 0 Å². The van der Waals surface area contributed by atoms with E-state index in [0.29, 0.717) is 11.4 Å². The number of rotatable bonds is 6. The van der Waals surface area contributed by atoms with Crippen LogP contribution in [0.25, 0.3) is 11.0 Å². The van der Waals surface area contributed by atoms with Gasteiger partial charge in [-0.05, 0) is 38.6 Å². The van der Waals surface area contributed by atoms with Gasteiger partial charge in [-0.15, -0.1) is 0 Å². The molecule has 0 aliphatic rings. The average molecular weight is 306 g/mol. The van der Waals surface area contributed by atoms with Gasteiger partial charge in [-0.3, -0.25) is 4.79 Å². The van der Waals surface area contributed by atoms with E-state index in [0.717, 1.165) is 13.0 Å². The molecule has 0 spiro atoms. The Hall–Kier alpha value is -1.95. The highest BCUT2D eigenvalue weighted by Crippen LogP contribution is 2.18. The third-order valence-corrected chi connectivity index (χ3v) is 3.45. The minimum atomic E-state index is -0.579. The van der Waals surface area contributed by atoms with Gasteiger partial charge < -0.3 is 15.2 Å². The Morgan fingerprint density at radius 2 is 2.14 bits per heavy atom. The zero-order valence-electron chi connectivity index (χ0n) is 13.5. The number of carbonyl (C=O) groups is 1. The van der Waals surface area contributed by atoms with Crippen LogP contribution < -0.4 is 5.32 Å². The number of carbonyl (C=O) groups excluding carboxylic acids is 1. The highest BCUT2D eigenvalue weighted by molar-refractivity contribution is 5.98. The molecule has 120 valence electrons. The summed E-state index contributed by atoms with van der Waals surface area (Å²) in [5.74, 6) is -0.525. The van der Waals surface area contributed by atoms with Gasteiger partial charge in [0.2, 0.25) is 0 Å². The molecule has 2 rings (SSSR count). The molecule has 2 N–H and O–H groups in total. The summed E-state index contributed by atoms with van der Waals surface area (Å²) in [5, 5.41) is 2.94. The molecule has 0 unspecified atom stereocenters. The van der Waals surface area contributed by atoms with Crippen LogP contribution in [-0.4, -0.2) is 47.5 Å². The van der Waals surface area contributed by atoms with E-state index in [1.54, 1.807) is 6.07 Å². The molecule has 2 aromatic rings. The first kappa shape index (κ1) is 16.4. The minimum absolute atomic E-state index is 0.0169. The number of likely N-dealkylation sites (N-methyl/N-ethyl adjacent to an activating group) is 1. The molecule has 22 heavy (non-hydrogen) atoms. The predicted octanol–water partition coefficient (Wildman–Crippen LogP) is 2.41. The van der Waals surface area contributed by atoms with Gasteiger partial charge in [0.25, 0.3) is 5.91 Å². The molecule has 0 bridgehead atoms. The number of benzene rings is 1. The van der Waals surface area contributed by atoms with Gasteiger partial charge in [-0.1, -0.05) is 13.8 Å². The van der Waals surface area contributed by atoms with Crippen molar-refractivity contribution in [3.8, 4) is 0 Å². The fourth-order valence-corrected chi connectivity index (χ4v) is 2.60. The van der Waals surface area contributed by atoms with Crippen molar-refractivity contribution >= 4 is 16.9 Å². The molecule has 0 fully saturated rings. The summed E-state index contributed by atoms with van der Waals surface area (Å²) in [6.45, 7) is 4.92. The zero-order chi connectivity index (χ0) is 16.3. The molecular weight excluding hydrogens is 283 g/mol. The summed E-state index contributed by atoms with van der Waals surface area (Å²) in [6, 6.07) is 3.15. The largest absolute Gasteiger partial charge is 0.348 e. The predicted molar refractivity (Wildman–Crippen MR) is 85.3 cm³/mol. The van der Waals surface area contributed by atoms with Crippen molar-refractivity contribution in [1.82, 2.24) is 20.2 Å². The molecule has 1 aromatic carbocycles. The molecule has 0 radical (unpaired) electrons. The molecule has 0 saturated heterocycles. The fourth-order valence-electron chi connectivity index (χ4n) is 2.60. The second kappa shape index (κ2) is 6.87. The fraction of sp³-hybridized carbons (Fsp3) is 0.500. The zero-order valence-corrected chi connectivity index (χ0v) is 13.5. The quantitative estimate of drug-likeness (QED) is 0.861. The summed E-state index contributed by atoms with van der Waals surface area (Å²) in [4.78, 5) is 21.2. The number of halogens is 1. The first-order chi connectivity index (χ1) is 10.4. The Bertz CT molecular complexity index is 641. The Morgan fingerprint density at radius 3 is 2.77 bits per heavy atom. The van der Waals surface area contributed by atoms with E-state index >= 15 is 0 Å². The molecule has 1 aromatic heterocycles. The number of aromatic nitrogens is 2. The smallest absolute Gasteiger partial charge is 0.254 e. The maximum absolute atomic E-state index is 14.4. The number of hydrogen-bond acceptors (Lipinski definition) is 3. The van der Waals surface area contributed by atoms with E-state index in [9.17, 15) is 9.18 Å². The van der Waals surface area contributed by atoms with E-state index in [1.807, 2.05) is 19.0 Å². The van der Waals surface area contributed by atoms with Gasteiger partial charge >= 0.3 is 0 Å². The average Bonchev–Trinajstić information content (AvgIpc) is 2.86. The van der Waals surface area contributed by atoms with Gasteiger partial charge in [0, 0.05) is 12.6 Å². The molecule has 1 heterocycles. The van der Waals surface area contributed by atoms with Crippen molar-refractivity contribution in [3.63, 3.8) is 0 Å². The number of fused-ring (bicyclic) bond motifs is 1. The molecule has 5 nitrogen and oxygen atoms in total. The van der Waals surface area contributed by atoms with E-state index in [-0.39, 0.29) is 17.1 Å². The van der Waals surface area contributed by atoms with E-state index in [4.69, 9.17) is 0 Å². The Kier molecular flexibility index (Phi) is 5.13. The molecule has 6 heteroatoms. The lowest BCUT2D eigenvalue weighted by molar-refractivity contribution is 0.0921. The maximum atomic E-state index is 14.4. The van der Waals surface area contributed by atoms with Crippen LogP contribution in [0.1, 0.15) is 30.6 Å². The summed E-state index contributed by atoms with van der Waals surface area (Å²) >= 11 is 0. The maximum Gasteiger partial charge on any atom is 0.254 e. The molecule has 0 aliphatic heterocycles. The van der Waals surface area contributed by atoms with Crippen molar-refractivity contribution in [2.24, 2.45) is 5.92 Å². The lowest BCUT2D eigenvalue weighted by atomic mass is 10.0. The topological polar surface area (TPSA) is 61.0 Å². The van der Waals surface area contributed by atoms with Crippen molar-refractivity contribution in [3.05, 3.63) is 29.8 Å². The minimum Gasteiger partial charge on any atom is -0.348 e. The summed E-state index contributed by atoms with van der Waals surface area (Å²) < 4.78 is 14.4. The first-order valence-electron chi connectivity index (χ1n) is 7.45. The van der Waals surface area contributed by atoms with E-state index in [1.165, 1.54) is 12.4 Å². The third-order valence-electron chi connectivity index (χ3n) is 3.45. The van der Waals surface area contributed by atoms with Gasteiger partial charge in [-0.25, -0.2) is 9.37 Å². The van der Waals surface area contributed by atoms with Crippen molar-refractivity contribution in [1.29, 1.82) is 0 Å². The highest BCUT2D eigenvalue weighted by atomic mass is 19.1. The van der Waals surface area contributed by atoms with Crippen LogP contribution in [0.2, 0.25) is 0 Å². The Labute approximate surface area is 129 Å². The number of H-pyrrole nitrogens is 1. The van der Waals surface area contributed by atoms with Crippen LogP contribution in [0, 0.1) is 11.7 Å². The van der Waals surface area contributed by atoms with Gasteiger partial charge in [0.1, 0.15) is 5.52 Å². The standard InChI is InChI=1S/C16H23FN4O/c1-10(2)7-11(8-21(3)4)20-16(22)12-5-6-13-15(14(12)17)19-9-18-13/h5-6,9-11H,7-8H2,1-4H3,(H,18,19)(H,20,22)/t11-/m0/s1. The first-order valence-corrected chi connectivity index (χ1v) is 7.45. The van der Waals surface area contributed by atoms with Crippen LogP contribution in [0.4, 0.5) is 4.39 Å². The lowest BCUT2D eigenvalue weighted by Crippen LogP contribution is -2.42. The monoisotopic (exact) mass is 306 g/mol. The van der Waals surface area contributed by atoms with Crippen molar-refractivity contribution < 1.29 is 9.18 Å². The summed E-state index contributed by atoms with van der Waals surface area (Å²) in [7, 11) is 3.91. The van der Waals surface area contributed by atoms with Crippen LogP contribution in [0.5, 0.6) is 0 Å². The number of amides is 1. The summed E-state index contributed by atoms with van der Waals surface area (Å²) in [5.41, 5.74) is 0.814. The number of nitrogens with one attached hydrogen (secondary N) is 2. The number of imidazole rings is 1. The van der Waals surface area contributed by atoms with Gasteiger partial charge in [0.05, 0.1) is 17.4 Å². The third kappa shape index (κ3) is 3.82. The highest BCUT2D eigenvalue weighted by Gasteiger charge is 2.20. The summed E-state index contributed by atoms with van der Waals surface area (Å²) in [6.07, 6.45) is 2.26. The van der Waals surface area contributed by atoms with Gasteiger partial charge in [0.15, 0.2) is 5.82 Å². The van der Waals surface area contributed by atoms with Crippen molar-refractivity contribution in [2.45, 2.75) is 26.3 Å². The van der Waals surface area contributed by atoms with E-state index in [2.05, 4.69) is 29.1 Å². The molecule has 1 atom stereocenters. The van der Waals surface area contributed by atoms with Crippen LogP contribution in [-0.2, 0) is 0 Å². The second-order valence-corrected chi connectivity index (χ2v) is 6.29. The molecular formula is C16H23FN4O. The number of nitrogens with zero attached hydrogens (tertiary/aromatic N) is 2. The Balaban J connectivity index is 2.18. The number of aromatic amines is 1. The Morgan fingerprint density at radius 1 is 1.41 bits per heavy atom. The number of hydrogen-bond donors (Lipinski definition) is 2. The molecule has 1 amide bonds. The van der Waals surface area contributed by atoms with Crippen LogP contribution in [0.3, 0.4) is 0 Å². The molecule has 0 saturated carbocycles. The normalized spacial score (nSPS) is 13.0. The lowest BCUT2D eigenvalue weighted by Gasteiger charge is -2.24. The SMILES string of the molecule is CC(C)C[C@@H](CN(C)C)NC(=O)c1ccc2[nH]cnc2c1F. The van der Waals surface area contributed by atoms with Crippen molar-refractivity contribution in [2.75, 3.05) is 20.6 Å².